The molecule has 7 nitrogen and oxygen atoms in total. The third-order valence-electron chi connectivity index (χ3n) is 5.99. The maximum Gasteiger partial charge on any atom is 0.252 e. The van der Waals surface area contributed by atoms with E-state index in [4.69, 9.17) is 5.73 Å². The summed E-state index contributed by atoms with van der Waals surface area (Å²) in [6.45, 7) is 6.32. The lowest BCUT2D eigenvalue weighted by Crippen LogP contribution is -2.52. The Labute approximate surface area is 211 Å². The van der Waals surface area contributed by atoms with E-state index >= 15 is 0 Å². The monoisotopic (exact) mass is 487 g/mol. The van der Waals surface area contributed by atoms with Gasteiger partial charge in [0.25, 0.3) is 11.8 Å². The van der Waals surface area contributed by atoms with Crippen molar-refractivity contribution >= 4 is 17.7 Å². The fraction of sp³-hybridized carbons (Fsp3) is 0.276. The predicted octanol–water partition coefficient (Wildman–Crippen LogP) is 3.03. The van der Waals surface area contributed by atoms with E-state index in [0.29, 0.717) is 11.1 Å². The fourth-order valence-corrected chi connectivity index (χ4v) is 3.83. The average Bonchev–Trinajstić information content (AvgIpc) is 2.87. The second-order valence-corrected chi connectivity index (χ2v) is 9.79. The van der Waals surface area contributed by atoms with Gasteiger partial charge in [0.2, 0.25) is 5.91 Å². The summed E-state index contributed by atoms with van der Waals surface area (Å²) in [7, 11) is 0. The standard InChI is InChI=1S/C29H33N3O4/c1-29(2,3)22-16-14-19(15-17-22)18-23(26(30)34)31-28(36)25(33)24(20-10-6-4-7-11-20)32-27(35)21-12-8-5-9-13-21/h4-17,23-25,33H,18H2,1-3H3,(H2,30,34)(H,31,36)(H,32,35)/t23-,24+,25-/m1/s1. The molecule has 7 heteroatoms. The lowest BCUT2D eigenvalue weighted by atomic mass is 9.86. The summed E-state index contributed by atoms with van der Waals surface area (Å²) in [4.78, 5) is 38.0. The van der Waals surface area contributed by atoms with Crippen molar-refractivity contribution in [2.45, 2.75) is 50.8 Å². The highest BCUT2D eigenvalue weighted by Gasteiger charge is 2.32. The third-order valence-corrected chi connectivity index (χ3v) is 5.99. The smallest absolute Gasteiger partial charge is 0.252 e. The van der Waals surface area contributed by atoms with Gasteiger partial charge in [0.05, 0.1) is 6.04 Å². The number of aliphatic hydroxyl groups excluding tert-OH is 1. The number of amides is 3. The summed E-state index contributed by atoms with van der Waals surface area (Å²) in [5, 5.41) is 16.3. The summed E-state index contributed by atoms with van der Waals surface area (Å²) in [6.07, 6.45) is -1.49. The Kier molecular flexibility index (Phi) is 8.61. The largest absolute Gasteiger partial charge is 0.381 e. The van der Waals surface area contributed by atoms with Crippen molar-refractivity contribution in [2.75, 3.05) is 0 Å². The zero-order chi connectivity index (χ0) is 26.3. The number of benzene rings is 3. The number of hydrogen-bond acceptors (Lipinski definition) is 4. The van der Waals surface area contributed by atoms with Gasteiger partial charge in [0.15, 0.2) is 6.10 Å². The second-order valence-electron chi connectivity index (χ2n) is 9.79. The zero-order valence-electron chi connectivity index (χ0n) is 20.8. The Morgan fingerprint density at radius 3 is 1.92 bits per heavy atom. The van der Waals surface area contributed by atoms with Crippen molar-refractivity contribution in [1.29, 1.82) is 0 Å². The maximum absolute atomic E-state index is 13.0. The van der Waals surface area contributed by atoms with Crippen LogP contribution in [0.1, 0.15) is 53.9 Å². The number of hydrogen-bond donors (Lipinski definition) is 4. The van der Waals surface area contributed by atoms with Gasteiger partial charge in [-0.2, -0.15) is 0 Å². The SMILES string of the molecule is CC(C)(C)c1ccc(C[C@@H](NC(=O)[C@H](O)[C@@H](NC(=O)c2ccccc2)c2ccccc2)C(N)=O)cc1. The first-order valence-corrected chi connectivity index (χ1v) is 11.8. The van der Waals surface area contributed by atoms with Gasteiger partial charge in [-0.1, -0.05) is 93.6 Å². The van der Waals surface area contributed by atoms with Crippen molar-refractivity contribution in [3.63, 3.8) is 0 Å². The molecule has 3 aromatic rings. The van der Waals surface area contributed by atoms with Crippen molar-refractivity contribution < 1.29 is 19.5 Å². The molecule has 0 aliphatic rings. The molecule has 0 radical (unpaired) electrons. The van der Waals surface area contributed by atoms with Crippen LogP contribution in [0.4, 0.5) is 0 Å². The summed E-state index contributed by atoms with van der Waals surface area (Å²) < 4.78 is 0. The molecule has 3 atom stereocenters. The molecule has 0 aliphatic carbocycles. The summed E-state index contributed by atoms with van der Waals surface area (Å²) in [5.74, 6) is -1.98. The zero-order valence-corrected chi connectivity index (χ0v) is 20.8. The Morgan fingerprint density at radius 2 is 1.39 bits per heavy atom. The van der Waals surface area contributed by atoms with E-state index in [1.165, 1.54) is 0 Å². The lowest BCUT2D eigenvalue weighted by molar-refractivity contribution is -0.134. The van der Waals surface area contributed by atoms with Crippen LogP contribution in [0.3, 0.4) is 0 Å². The van der Waals surface area contributed by atoms with Crippen LogP contribution >= 0.6 is 0 Å². The van der Waals surface area contributed by atoms with Crippen molar-refractivity contribution in [3.8, 4) is 0 Å². The quantitative estimate of drug-likeness (QED) is 0.371. The molecule has 0 heterocycles. The number of primary amides is 1. The summed E-state index contributed by atoms with van der Waals surface area (Å²) >= 11 is 0. The molecule has 0 saturated heterocycles. The van der Waals surface area contributed by atoms with Gasteiger partial charge in [-0.05, 0) is 34.2 Å². The third kappa shape index (κ3) is 7.02. The predicted molar refractivity (Wildman–Crippen MR) is 139 cm³/mol. The van der Waals surface area contributed by atoms with Crippen LogP contribution in [0.2, 0.25) is 0 Å². The first-order valence-electron chi connectivity index (χ1n) is 11.8. The Balaban J connectivity index is 1.76. The first-order chi connectivity index (χ1) is 17.1. The molecule has 3 rings (SSSR count). The molecule has 0 spiro atoms. The van der Waals surface area contributed by atoms with Gasteiger partial charge < -0.3 is 21.5 Å². The fourth-order valence-electron chi connectivity index (χ4n) is 3.83. The molecule has 0 aliphatic heterocycles. The molecule has 0 fully saturated rings. The summed E-state index contributed by atoms with van der Waals surface area (Å²) in [6, 6.07) is 22.9. The number of rotatable bonds is 9. The Bertz CT molecular complexity index is 1170. The van der Waals surface area contributed by atoms with Crippen LogP contribution < -0.4 is 16.4 Å². The van der Waals surface area contributed by atoms with Crippen LogP contribution in [0.25, 0.3) is 0 Å². The van der Waals surface area contributed by atoms with Gasteiger partial charge >= 0.3 is 0 Å². The minimum Gasteiger partial charge on any atom is -0.381 e. The highest BCUT2D eigenvalue weighted by atomic mass is 16.3. The molecule has 0 bridgehead atoms. The molecular weight excluding hydrogens is 454 g/mol. The van der Waals surface area contributed by atoms with Crippen molar-refractivity contribution in [2.24, 2.45) is 5.73 Å². The Morgan fingerprint density at radius 1 is 0.833 bits per heavy atom. The molecular formula is C29H33N3O4. The van der Waals surface area contributed by atoms with Crippen LogP contribution in [0.15, 0.2) is 84.9 Å². The minimum atomic E-state index is -1.66. The van der Waals surface area contributed by atoms with E-state index in [9.17, 15) is 19.5 Å². The summed E-state index contributed by atoms with van der Waals surface area (Å²) in [5.41, 5.74) is 8.44. The molecule has 0 aromatic heterocycles. The van der Waals surface area contributed by atoms with Crippen LogP contribution in [0, 0.1) is 0 Å². The van der Waals surface area contributed by atoms with E-state index in [-0.39, 0.29) is 11.8 Å². The van der Waals surface area contributed by atoms with Crippen molar-refractivity contribution in [3.05, 3.63) is 107 Å². The maximum atomic E-state index is 13.0. The normalized spacial score (nSPS) is 13.8. The van der Waals surface area contributed by atoms with Crippen LogP contribution in [0.5, 0.6) is 0 Å². The molecule has 0 saturated carbocycles. The van der Waals surface area contributed by atoms with Crippen LogP contribution in [-0.4, -0.2) is 35.0 Å². The number of carbonyl (C=O) groups is 3. The van der Waals surface area contributed by atoms with Crippen molar-refractivity contribution in [1.82, 2.24) is 10.6 Å². The highest BCUT2D eigenvalue weighted by molar-refractivity contribution is 5.95. The van der Waals surface area contributed by atoms with Crippen LogP contribution in [-0.2, 0) is 21.4 Å². The number of nitrogens with one attached hydrogen (secondary N) is 2. The number of aliphatic hydroxyl groups is 1. The van der Waals surface area contributed by atoms with Gasteiger partial charge in [-0.15, -0.1) is 0 Å². The average molecular weight is 488 g/mol. The van der Waals surface area contributed by atoms with Gasteiger partial charge in [-0.3, -0.25) is 14.4 Å². The van der Waals surface area contributed by atoms with E-state index in [2.05, 4.69) is 31.4 Å². The lowest BCUT2D eigenvalue weighted by Gasteiger charge is -2.26. The van der Waals surface area contributed by atoms with Gasteiger partial charge in [0, 0.05) is 12.0 Å². The number of carbonyl (C=O) groups excluding carboxylic acids is 3. The number of nitrogens with two attached hydrogens (primary N) is 1. The molecule has 0 unspecified atom stereocenters. The topological polar surface area (TPSA) is 122 Å². The van der Waals surface area contributed by atoms with E-state index in [1.807, 2.05) is 24.3 Å². The van der Waals surface area contributed by atoms with E-state index in [0.717, 1.165) is 11.1 Å². The highest BCUT2D eigenvalue weighted by Crippen LogP contribution is 2.23. The van der Waals surface area contributed by atoms with Gasteiger partial charge in [-0.25, -0.2) is 0 Å². The molecule has 188 valence electrons. The van der Waals surface area contributed by atoms with E-state index < -0.39 is 35.9 Å². The second kappa shape index (κ2) is 11.6. The van der Waals surface area contributed by atoms with E-state index in [1.54, 1.807) is 60.7 Å². The molecule has 36 heavy (non-hydrogen) atoms. The van der Waals surface area contributed by atoms with Gasteiger partial charge in [0.1, 0.15) is 6.04 Å². The molecule has 3 aromatic carbocycles. The Hall–Kier alpha value is -3.97. The first kappa shape index (κ1) is 26.6. The molecule has 3 amide bonds. The minimum absolute atomic E-state index is 0.0173. The molecule has 5 N–H and O–H groups in total.